The SMILES string of the molecule is O=C1NC(=O)/C(=C\c2cc(Br)c(OCc3ccc(I)cc3)c(Br)c2)N1. The molecule has 0 unspecified atom stereocenters. The van der Waals surface area contributed by atoms with Crippen molar-refractivity contribution in [1.82, 2.24) is 10.6 Å². The Bertz CT molecular complexity index is 859. The first-order valence-corrected chi connectivity index (χ1v) is 9.79. The number of hydrogen-bond donors (Lipinski definition) is 2. The van der Waals surface area contributed by atoms with Crippen molar-refractivity contribution in [1.29, 1.82) is 0 Å². The fraction of sp³-hybridized carbons (Fsp3) is 0.0588. The van der Waals surface area contributed by atoms with Gasteiger partial charge in [-0.15, -0.1) is 0 Å². The van der Waals surface area contributed by atoms with Crippen molar-refractivity contribution in [2.24, 2.45) is 0 Å². The van der Waals surface area contributed by atoms with E-state index < -0.39 is 11.9 Å². The number of benzene rings is 2. The molecule has 3 rings (SSSR count). The number of hydrogen-bond acceptors (Lipinski definition) is 3. The van der Waals surface area contributed by atoms with Gasteiger partial charge in [0.15, 0.2) is 0 Å². The predicted octanol–water partition coefficient (Wildman–Crippen LogP) is 4.58. The normalized spacial score (nSPS) is 15.2. The smallest absolute Gasteiger partial charge is 0.326 e. The molecule has 1 heterocycles. The van der Waals surface area contributed by atoms with E-state index in [2.05, 4.69) is 65.1 Å². The molecule has 0 aromatic heterocycles. The van der Waals surface area contributed by atoms with E-state index >= 15 is 0 Å². The van der Waals surface area contributed by atoms with Crippen LogP contribution in [0.25, 0.3) is 6.08 Å². The molecule has 0 spiro atoms. The van der Waals surface area contributed by atoms with Gasteiger partial charge < -0.3 is 10.1 Å². The molecule has 2 aromatic carbocycles. The van der Waals surface area contributed by atoms with Crippen LogP contribution >= 0.6 is 54.5 Å². The number of rotatable bonds is 4. The van der Waals surface area contributed by atoms with E-state index in [1.54, 1.807) is 6.08 Å². The van der Waals surface area contributed by atoms with Gasteiger partial charge >= 0.3 is 6.03 Å². The summed E-state index contributed by atoms with van der Waals surface area (Å²) in [5, 5.41) is 4.62. The molecule has 2 aromatic rings. The van der Waals surface area contributed by atoms with Crippen molar-refractivity contribution < 1.29 is 14.3 Å². The third-order valence-electron chi connectivity index (χ3n) is 3.35. The van der Waals surface area contributed by atoms with Gasteiger partial charge in [0.1, 0.15) is 18.1 Å². The number of nitrogens with one attached hydrogen (secondary N) is 2. The van der Waals surface area contributed by atoms with Crippen LogP contribution in [-0.4, -0.2) is 11.9 Å². The molecular weight excluding hydrogens is 567 g/mol. The summed E-state index contributed by atoms with van der Waals surface area (Å²) < 4.78 is 8.54. The number of urea groups is 1. The second-order valence-corrected chi connectivity index (χ2v) is 8.15. The lowest BCUT2D eigenvalue weighted by Crippen LogP contribution is -2.22. The fourth-order valence-corrected chi connectivity index (χ4v) is 4.00. The maximum Gasteiger partial charge on any atom is 0.326 e. The molecule has 1 aliphatic rings. The van der Waals surface area contributed by atoms with Crippen molar-refractivity contribution in [2.75, 3.05) is 0 Å². The van der Waals surface area contributed by atoms with Gasteiger partial charge in [-0.25, -0.2) is 4.79 Å². The van der Waals surface area contributed by atoms with Gasteiger partial charge in [-0.3, -0.25) is 10.1 Å². The highest BCUT2D eigenvalue weighted by Crippen LogP contribution is 2.36. The minimum Gasteiger partial charge on any atom is -0.487 e. The van der Waals surface area contributed by atoms with Gasteiger partial charge in [-0.1, -0.05) is 12.1 Å². The number of halogens is 3. The summed E-state index contributed by atoms with van der Waals surface area (Å²) in [6.45, 7) is 0.438. The molecule has 0 radical (unpaired) electrons. The standard InChI is InChI=1S/C17H11Br2IN2O3/c18-12-5-10(7-14-16(23)22-17(24)21-14)6-13(19)15(12)25-8-9-1-3-11(20)4-2-9/h1-7H,8H2,(H2,21,22,23,24)/b14-7+. The molecule has 0 saturated carbocycles. The Balaban J connectivity index is 1.78. The monoisotopic (exact) mass is 576 g/mol. The molecule has 2 N–H and O–H groups in total. The zero-order valence-electron chi connectivity index (χ0n) is 12.6. The van der Waals surface area contributed by atoms with E-state index in [0.29, 0.717) is 12.4 Å². The predicted molar refractivity (Wildman–Crippen MR) is 110 cm³/mol. The molecule has 1 fully saturated rings. The maximum atomic E-state index is 11.6. The first-order valence-electron chi connectivity index (χ1n) is 7.12. The van der Waals surface area contributed by atoms with Crippen LogP contribution in [0.15, 0.2) is 51.0 Å². The van der Waals surface area contributed by atoms with Gasteiger partial charge in [0.2, 0.25) is 0 Å². The van der Waals surface area contributed by atoms with Crippen molar-refractivity contribution in [3.63, 3.8) is 0 Å². The molecule has 1 aliphatic heterocycles. The fourth-order valence-electron chi connectivity index (χ4n) is 2.19. The summed E-state index contributed by atoms with van der Waals surface area (Å²) in [5.41, 5.74) is 2.01. The molecule has 1 saturated heterocycles. The lowest BCUT2D eigenvalue weighted by atomic mass is 10.2. The minimum atomic E-state index is -0.521. The summed E-state index contributed by atoms with van der Waals surface area (Å²) in [5.74, 6) is 0.219. The molecular formula is C17H11Br2IN2O3. The average molecular weight is 578 g/mol. The Morgan fingerprint density at radius 1 is 1.04 bits per heavy atom. The molecule has 0 aliphatic carbocycles. The zero-order valence-corrected chi connectivity index (χ0v) is 17.9. The molecule has 128 valence electrons. The summed E-state index contributed by atoms with van der Waals surface area (Å²) in [4.78, 5) is 22.8. The maximum absolute atomic E-state index is 11.6. The topological polar surface area (TPSA) is 67.4 Å². The van der Waals surface area contributed by atoms with Gasteiger partial charge in [0, 0.05) is 3.57 Å². The molecule has 0 bridgehead atoms. The Labute approximate surface area is 174 Å². The number of carbonyl (C=O) groups excluding carboxylic acids is 2. The van der Waals surface area contributed by atoms with Gasteiger partial charge in [0.05, 0.1) is 8.95 Å². The first kappa shape index (κ1) is 18.4. The highest BCUT2D eigenvalue weighted by molar-refractivity contribution is 14.1. The van der Waals surface area contributed by atoms with Crippen LogP contribution in [0.5, 0.6) is 5.75 Å². The number of ether oxygens (including phenoxy) is 1. The molecule has 0 atom stereocenters. The third kappa shape index (κ3) is 4.62. The molecule has 8 heteroatoms. The largest absolute Gasteiger partial charge is 0.487 e. The van der Waals surface area contributed by atoms with Crippen LogP contribution in [-0.2, 0) is 11.4 Å². The van der Waals surface area contributed by atoms with Crippen LogP contribution in [0.4, 0.5) is 4.79 Å². The van der Waals surface area contributed by atoms with Crippen LogP contribution in [0, 0.1) is 3.57 Å². The Morgan fingerprint density at radius 3 is 2.24 bits per heavy atom. The van der Waals surface area contributed by atoms with Crippen LogP contribution < -0.4 is 15.4 Å². The van der Waals surface area contributed by atoms with E-state index in [1.807, 2.05) is 36.4 Å². The zero-order chi connectivity index (χ0) is 18.0. The number of amides is 3. The van der Waals surface area contributed by atoms with E-state index in [9.17, 15) is 9.59 Å². The molecule has 3 amide bonds. The second kappa shape index (κ2) is 7.88. The summed E-state index contributed by atoms with van der Waals surface area (Å²) >= 11 is 9.23. The van der Waals surface area contributed by atoms with Crippen molar-refractivity contribution in [2.45, 2.75) is 6.61 Å². The average Bonchev–Trinajstić information content (AvgIpc) is 2.86. The third-order valence-corrected chi connectivity index (χ3v) is 5.25. The lowest BCUT2D eigenvalue weighted by Gasteiger charge is -2.12. The van der Waals surface area contributed by atoms with Crippen molar-refractivity contribution in [3.05, 3.63) is 65.7 Å². The number of carbonyl (C=O) groups is 2. The van der Waals surface area contributed by atoms with Gasteiger partial charge in [-0.2, -0.15) is 0 Å². The summed E-state index contributed by atoms with van der Waals surface area (Å²) in [6, 6.07) is 11.2. The second-order valence-electron chi connectivity index (χ2n) is 5.20. The van der Waals surface area contributed by atoms with E-state index in [4.69, 9.17) is 4.74 Å². The Hall–Kier alpha value is -1.39. The Morgan fingerprint density at radius 2 is 1.68 bits per heavy atom. The van der Waals surface area contributed by atoms with Crippen molar-refractivity contribution >= 4 is 72.5 Å². The van der Waals surface area contributed by atoms with E-state index in [-0.39, 0.29) is 5.70 Å². The minimum absolute atomic E-state index is 0.205. The number of imide groups is 1. The Kier molecular flexibility index (Phi) is 5.80. The van der Waals surface area contributed by atoms with Gasteiger partial charge in [0.25, 0.3) is 5.91 Å². The molecule has 5 nitrogen and oxygen atoms in total. The van der Waals surface area contributed by atoms with Crippen LogP contribution in [0.2, 0.25) is 0 Å². The van der Waals surface area contributed by atoms with Crippen LogP contribution in [0.1, 0.15) is 11.1 Å². The van der Waals surface area contributed by atoms with E-state index in [0.717, 1.165) is 20.1 Å². The van der Waals surface area contributed by atoms with E-state index in [1.165, 1.54) is 3.57 Å². The highest BCUT2D eigenvalue weighted by atomic mass is 127. The first-order chi connectivity index (χ1) is 11.9. The quantitative estimate of drug-likeness (QED) is 0.318. The highest BCUT2D eigenvalue weighted by Gasteiger charge is 2.23. The van der Waals surface area contributed by atoms with Crippen molar-refractivity contribution in [3.8, 4) is 5.75 Å². The lowest BCUT2D eigenvalue weighted by molar-refractivity contribution is -0.115. The van der Waals surface area contributed by atoms with Gasteiger partial charge in [-0.05, 0) is 95.9 Å². The summed E-state index contributed by atoms with van der Waals surface area (Å²) in [7, 11) is 0. The van der Waals surface area contributed by atoms with Crippen LogP contribution in [0.3, 0.4) is 0 Å². The summed E-state index contributed by atoms with van der Waals surface area (Å²) in [6.07, 6.45) is 1.60. The molecule has 25 heavy (non-hydrogen) atoms.